The first-order chi connectivity index (χ1) is 12.4. The number of guanidine groups is 1. The van der Waals surface area contributed by atoms with Crippen LogP contribution < -0.4 is 4.72 Å². The van der Waals surface area contributed by atoms with E-state index in [0.29, 0.717) is 24.5 Å². The molecule has 9 heteroatoms. The minimum Gasteiger partial charge on any atom is -0.251 e. The van der Waals surface area contributed by atoms with Crippen LogP contribution in [0.15, 0.2) is 39.3 Å². The van der Waals surface area contributed by atoms with Gasteiger partial charge in [0.25, 0.3) is 10.0 Å². The predicted octanol–water partition coefficient (Wildman–Crippen LogP) is 3.44. The Balaban J connectivity index is 2.23. The summed E-state index contributed by atoms with van der Waals surface area (Å²) in [5, 5.41) is 6.12. The molecule has 0 aromatic heterocycles. The van der Waals surface area contributed by atoms with Gasteiger partial charge in [0, 0.05) is 23.2 Å². The SMILES string of the molecule is CCCC1(CCF)C=NN(C(=NCC)NS(=O)(=O)c2cccc(Cl)c2)C1. The summed E-state index contributed by atoms with van der Waals surface area (Å²) in [6.07, 6.45) is 3.72. The van der Waals surface area contributed by atoms with Gasteiger partial charge in [-0.25, -0.2) is 18.1 Å². The minimum absolute atomic E-state index is 0.0422. The number of nitrogens with zero attached hydrogens (tertiary/aromatic N) is 3. The van der Waals surface area contributed by atoms with Crippen molar-refractivity contribution in [3.63, 3.8) is 0 Å². The molecule has 1 heterocycles. The first kappa shape index (κ1) is 20.6. The molecule has 1 aromatic carbocycles. The lowest BCUT2D eigenvalue weighted by molar-refractivity contribution is 0.270. The summed E-state index contributed by atoms with van der Waals surface area (Å²) in [4.78, 5) is 4.28. The van der Waals surface area contributed by atoms with Gasteiger partial charge in [-0.3, -0.25) is 9.38 Å². The van der Waals surface area contributed by atoms with E-state index >= 15 is 0 Å². The molecule has 1 N–H and O–H groups in total. The zero-order valence-electron chi connectivity index (χ0n) is 15.0. The Labute approximate surface area is 159 Å². The average molecular weight is 403 g/mol. The van der Waals surface area contributed by atoms with E-state index in [4.69, 9.17) is 11.6 Å². The zero-order chi connectivity index (χ0) is 19.2. The zero-order valence-corrected chi connectivity index (χ0v) is 16.5. The standard InChI is InChI=1S/C17H24ClFN4O2S/c1-3-8-17(9-10-19)12-21-23(13-17)16(20-4-2)22-26(24,25)15-7-5-6-14(18)11-15/h5-7,11-12H,3-4,8-10,13H2,1-2H3,(H,20,22). The first-order valence-corrected chi connectivity index (χ1v) is 10.4. The van der Waals surface area contributed by atoms with Crippen molar-refractivity contribution in [2.45, 2.75) is 38.0 Å². The number of rotatable bonds is 7. The molecule has 0 bridgehead atoms. The molecule has 6 nitrogen and oxygen atoms in total. The van der Waals surface area contributed by atoms with Crippen molar-refractivity contribution in [1.29, 1.82) is 0 Å². The van der Waals surface area contributed by atoms with E-state index in [9.17, 15) is 12.8 Å². The second-order valence-corrected chi connectivity index (χ2v) is 8.33. The molecule has 0 fully saturated rings. The third-order valence-electron chi connectivity index (χ3n) is 4.16. The summed E-state index contributed by atoms with van der Waals surface area (Å²) < 4.78 is 40.8. The molecule has 1 unspecified atom stereocenters. The highest BCUT2D eigenvalue weighted by atomic mass is 35.5. The molecule has 0 aliphatic carbocycles. The molecule has 1 aromatic rings. The molecule has 2 rings (SSSR count). The van der Waals surface area contributed by atoms with Crippen molar-refractivity contribution in [2.75, 3.05) is 19.8 Å². The van der Waals surface area contributed by atoms with Crippen LogP contribution in [-0.4, -0.2) is 45.4 Å². The van der Waals surface area contributed by atoms with Crippen LogP contribution in [-0.2, 0) is 10.0 Å². The summed E-state index contributed by atoms with van der Waals surface area (Å²) in [6, 6.07) is 5.98. The van der Waals surface area contributed by atoms with Crippen LogP contribution in [0.25, 0.3) is 0 Å². The fourth-order valence-corrected chi connectivity index (χ4v) is 4.25. The molecule has 26 heavy (non-hydrogen) atoms. The molecule has 0 saturated carbocycles. The van der Waals surface area contributed by atoms with Crippen LogP contribution in [0.1, 0.15) is 33.1 Å². The van der Waals surface area contributed by atoms with Gasteiger partial charge in [0.1, 0.15) is 0 Å². The maximum Gasteiger partial charge on any atom is 0.264 e. The number of alkyl halides is 1. The van der Waals surface area contributed by atoms with Gasteiger partial charge < -0.3 is 0 Å². The summed E-state index contributed by atoms with van der Waals surface area (Å²) in [7, 11) is -3.86. The van der Waals surface area contributed by atoms with Gasteiger partial charge in [-0.05, 0) is 38.0 Å². The number of halogens is 2. The molecule has 1 aliphatic heterocycles. The Morgan fingerprint density at radius 3 is 2.81 bits per heavy atom. The van der Waals surface area contributed by atoms with Gasteiger partial charge in [-0.15, -0.1) is 0 Å². The van der Waals surface area contributed by atoms with Crippen molar-refractivity contribution in [2.24, 2.45) is 15.5 Å². The Kier molecular flexibility index (Phi) is 7.00. The van der Waals surface area contributed by atoms with Crippen molar-refractivity contribution in [1.82, 2.24) is 9.73 Å². The summed E-state index contributed by atoms with van der Waals surface area (Å²) in [5.74, 6) is 0.126. The minimum atomic E-state index is -3.86. The van der Waals surface area contributed by atoms with E-state index in [0.717, 1.165) is 12.8 Å². The van der Waals surface area contributed by atoms with E-state index < -0.39 is 22.1 Å². The summed E-state index contributed by atoms with van der Waals surface area (Å²) >= 11 is 5.89. The maximum absolute atomic E-state index is 13.0. The predicted molar refractivity (Wildman–Crippen MR) is 103 cm³/mol. The third-order valence-corrected chi connectivity index (χ3v) is 5.72. The molecular formula is C17H24ClFN4O2S. The number of hydrogen-bond acceptors (Lipinski definition) is 4. The van der Waals surface area contributed by atoms with E-state index in [1.165, 1.54) is 17.1 Å². The van der Waals surface area contributed by atoms with Crippen LogP contribution in [0.2, 0.25) is 5.02 Å². The molecular weight excluding hydrogens is 379 g/mol. The second kappa shape index (κ2) is 8.81. The normalized spacial score (nSPS) is 20.6. The topological polar surface area (TPSA) is 74.1 Å². The highest BCUT2D eigenvalue weighted by Crippen LogP contribution is 2.32. The van der Waals surface area contributed by atoms with Gasteiger partial charge in [0.15, 0.2) is 0 Å². The highest BCUT2D eigenvalue weighted by Gasteiger charge is 2.36. The fraction of sp³-hybridized carbons (Fsp3) is 0.529. The van der Waals surface area contributed by atoms with Crippen LogP contribution in [0.4, 0.5) is 4.39 Å². The van der Waals surface area contributed by atoms with Crippen LogP contribution in [0.5, 0.6) is 0 Å². The number of hydrogen-bond donors (Lipinski definition) is 1. The smallest absolute Gasteiger partial charge is 0.251 e. The molecule has 0 saturated heterocycles. The summed E-state index contributed by atoms with van der Waals surface area (Å²) in [5.41, 5.74) is -0.403. The second-order valence-electron chi connectivity index (χ2n) is 6.21. The molecule has 0 spiro atoms. The largest absolute Gasteiger partial charge is 0.264 e. The monoisotopic (exact) mass is 402 g/mol. The quantitative estimate of drug-likeness (QED) is 0.560. The van der Waals surface area contributed by atoms with Crippen molar-refractivity contribution in [3.8, 4) is 0 Å². The van der Waals surface area contributed by atoms with E-state index in [1.54, 1.807) is 25.3 Å². The average Bonchev–Trinajstić information content (AvgIpc) is 2.99. The fourth-order valence-electron chi connectivity index (χ4n) is 2.93. The number of benzene rings is 1. The number of sulfonamides is 1. The van der Waals surface area contributed by atoms with Gasteiger partial charge in [0.2, 0.25) is 5.96 Å². The Morgan fingerprint density at radius 2 is 2.19 bits per heavy atom. The van der Waals surface area contributed by atoms with Gasteiger partial charge in [-0.2, -0.15) is 5.10 Å². The van der Waals surface area contributed by atoms with Crippen molar-refractivity contribution >= 4 is 33.8 Å². The maximum atomic E-state index is 13.0. The lowest BCUT2D eigenvalue weighted by Gasteiger charge is -2.27. The van der Waals surface area contributed by atoms with E-state index in [1.807, 2.05) is 6.92 Å². The van der Waals surface area contributed by atoms with Gasteiger partial charge in [-0.1, -0.05) is 31.0 Å². The number of nitrogens with one attached hydrogen (secondary N) is 1. The number of aliphatic imine (C=N–C) groups is 1. The molecule has 1 atom stereocenters. The Bertz CT molecular complexity index is 777. The van der Waals surface area contributed by atoms with Gasteiger partial charge in [0.05, 0.1) is 18.1 Å². The molecule has 1 aliphatic rings. The molecule has 0 radical (unpaired) electrons. The highest BCUT2D eigenvalue weighted by molar-refractivity contribution is 7.90. The van der Waals surface area contributed by atoms with Crippen LogP contribution in [0.3, 0.4) is 0 Å². The van der Waals surface area contributed by atoms with E-state index in [2.05, 4.69) is 14.8 Å². The molecule has 0 amide bonds. The van der Waals surface area contributed by atoms with Gasteiger partial charge >= 0.3 is 0 Å². The first-order valence-electron chi connectivity index (χ1n) is 8.57. The third kappa shape index (κ3) is 4.94. The van der Waals surface area contributed by atoms with Crippen molar-refractivity contribution in [3.05, 3.63) is 29.3 Å². The van der Waals surface area contributed by atoms with Crippen LogP contribution in [0, 0.1) is 5.41 Å². The lowest BCUT2D eigenvalue weighted by atomic mass is 9.82. The Hall–Kier alpha value is -1.67. The summed E-state index contributed by atoms with van der Waals surface area (Å²) in [6.45, 7) is 4.15. The number of hydrazone groups is 1. The Morgan fingerprint density at radius 1 is 1.42 bits per heavy atom. The van der Waals surface area contributed by atoms with Crippen LogP contribution >= 0.6 is 11.6 Å². The van der Waals surface area contributed by atoms with Crippen molar-refractivity contribution < 1.29 is 12.8 Å². The molecule has 144 valence electrons. The lowest BCUT2D eigenvalue weighted by Crippen LogP contribution is -2.43. The van der Waals surface area contributed by atoms with E-state index in [-0.39, 0.29) is 10.9 Å².